The standard InChI is InChI=1S/C12H24N2O3/c1-5-7(3)9(13)11(15)14-10(12(16)17)8(4)6-2/h7-10H,5-6,13H2,1-4H3,(H,14,15)(H,16,17)/t7-,8+,9-,10+/m1/s1. The van der Waals surface area contributed by atoms with Crippen LogP contribution in [0.3, 0.4) is 0 Å². The van der Waals surface area contributed by atoms with Gasteiger partial charge >= 0.3 is 5.97 Å². The smallest absolute Gasteiger partial charge is 0.326 e. The summed E-state index contributed by atoms with van der Waals surface area (Å²) in [4.78, 5) is 22.8. The maximum atomic E-state index is 11.8. The lowest BCUT2D eigenvalue weighted by atomic mass is 9.96. The van der Waals surface area contributed by atoms with E-state index in [0.29, 0.717) is 6.42 Å². The van der Waals surface area contributed by atoms with Gasteiger partial charge in [0.05, 0.1) is 6.04 Å². The molecule has 100 valence electrons. The summed E-state index contributed by atoms with van der Waals surface area (Å²) in [6.45, 7) is 7.51. The molecule has 0 aliphatic rings. The van der Waals surface area contributed by atoms with E-state index >= 15 is 0 Å². The number of rotatable bonds is 7. The summed E-state index contributed by atoms with van der Waals surface area (Å²) in [6, 6.07) is -1.51. The average molecular weight is 244 g/mol. The predicted molar refractivity (Wildman–Crippen MR) is 66.5 cm³/mol. The zero-order valence-electron chi connectivity index (χ0n) is 11.1. The minimum Gasteiger partial charge on any atom is -0.480 e. The molecule has 1 amide bonds. The van der Waals surface area contributed by atoms with E-state index in [1.807, 2.05) is 20.8 Å². The van der Waals surface area contributed by atoms with Gasteiger partial charge in [0.15, 0.2) is 0 Å². The molecule has 4 atom stereocenters. The summed E-state index contributed by atoms with van der Waals surface area (Å²) >= 11 is 0. The van der Waals surface area contributed by atoms with Gasteiger partial charge in [-0.3, -0.25) is 4.79 Å². The minimum absolute atomic E-state index is 0.0429. The molecule has 17 heavy (non-hydrogen) atoms. The SMILES string of the molecule is CC[C@@H](C)[C@@H](N)C(=O)N[C@H](C(=O)O)[C@@H](C)CC. The molecule has 0 bridgehead atoms. The molecule has 0 rings (SSSR count). The van der Waals surface area contributed by atoms with Crippen molar-refractivity contribution in [3.05, 3.63) is 0 Å². The second-order valence-electron chi connectivity index (χ2n) is 4.62. The first-order chi connectivity index (χ1) is 7.84. The van der Waals surface area contributed by atoms with Crippen molar-refractivity contribution in [2.45, 2.75) is 52.6 Å². The lowest BCUT2D eigenvalue weighted by Crippen LogP contribution is -2.52. The average Bonchev–Trinajstić information content (AvgIpc) is 2.32. The third-order valence-electron chi connectivity index (χ3n) is 3.34. The van der Waals surface area contributed by atoms with Crippen molar-refractivity contribution >= 4 is 11.9 Å². The van der Waals surface area contributed by atoms with E-state index < -0.39 is 18.1 Å². The molecule has 0 saturated heterocycles. The van der Waals surface area contributed by atoms with Gasteiger partial charge in [0.25, 0.3) is 0 Å². The fourth-order valence-corrected chi connectivity index (χ4v) is 1.44. The Balaban J connectivity index is 4.56. The monoisotopic (exact) mass is 244 g/mol. The van der Waals surface area contributed by atoms with Crippen molar-refractivity contribution < 1.29 is 14.7 Å². The van der Waals surface area contributed by atoms with E-state index in [0.717, 1.165) is 6.42 Å². The molecule has 0 aromatic heterocycles. The Morgan fingerprint density at radius 3 is 2.00 bits per heavy atom. The highest BCUT2D eigenvalue weighted by atomic mass is 16.4. The van der Waals surface area contributed by atoms with Crippen LogP contribution in [0, 0.1) is 11.8 Å². The normalized spacial score (nSPS) is 17.9. The Bertz CT molecular complexity index is 268. The molecule has 0 aliphatic heterocycles. The van der Waals surface area contributed by atoms with Gasteiger partial charge in [0, 0.05) is 0 Å². The number of carbonyl (C=O) groups is 2. The third-order valence-corrected chi connectivity index (χ3v) is 3.34. The topological polar surface area (TPSA) is 92.4 Å². The number of nitrogens with one attached hydrogen (secondary N) is 1. The summed E-state index contributed by atoms with van der Waals surface area (Å²) in [5.74, 6) is -1.46. The van der Waals surface area contributed by atoms with Gasteiger partial charge in [-0.15, -0.1) is 0 Å². The fourth-order valence-electron chi connectivity index (χ4n) is 1.44. The van der Waals surface area contributed by atoms with E-state index in [9.17, 15) is 9.59 Å². The Labute approximate surface area is 103 Å². The lowest BCUT2D eigenvalue weighted by molar-refractivity contribution is -0.143. The number of hydrogen-bond acceptors (Lipinski definition) is 3. The lowest BCUT2D eigenvalue weighted by Gasteiger charge is -2.24. The summed E-state index contributed by atoms with van der Waals surface area (Å²) in [7, 11) is 0. The quantitative estimate of drug-likeness (QED) is 0.622. The van der Waals surface area contributed by atoms with E-state index in [1.54, 1.807) is 6.92 Å². The molecule has 0 unspecified atom stereocenters. The molecule has 0 heterocycles. The maximum absolute atomic E-state index is 11.8. The number of hydrogen-bond donors (Lipinski definition) is 3. The summed E-state index contributed by atoms with van der Waals surface area (Å²) in [6.07, 6.45) is 1.48. The van der Waals surface area contributed by atoms with Gasteiger partial charge in [-0.1, -0.05) is 40.5 Å². The van der Waals surface area contributed by atoms with Gasteiger partial charge in [-0.05, 0) is 11.8 Å². The van der Waals surface area contributed by atoms with Crippen LogP contribution in [0.15, 0.2) is 0 Å². The minimum atomic E-state index is -1.01. The third kappa shape index (κ3) is 4.73. The largest absolute Gasteiger partial charge is 0.480 e. The van der Waals surface area contributed by atoms with Crippen molar-refractivity contribution in [1.82, 2.24) is 5.32 Å². The number of carboxylic acids is 1. The van der Waals surface area contributed by atoms with Crippen molar-refractivity contribution in [1.29, 1.82) is 0 Å². The number of carboxylic acid groups (broad SMARTS) is 1. The predicted octanol–water partition coefficient (Wildman–Crippen LogP) is 0.975. The van der Waals surface area contributed by atoms with Crippen molar-refractivity contribution in [3.63, 3.8) is 0 Å². The summed E-state index contributed by atoms with van der Waals surface area (Å²) < 4.78 is 0. The molecule has 5 nitrogen and oxygen atoms in total. The Morgan fingerprint density at radius 1 is 1.18 bits per heavy atom. The van der Waals surface area contributed by atoms with E-state index in [4.69, 9.17) is 10.8 Å². The summed E-state index contributed by atoms with van der Waals surface area (Å²) in [5, 5.41) is 11.6. The van der Waals surface area contributed by atoms with Gasteiger partial charge in [-0.2, -0.15) is 0 Å². The van der Waals surface area contributed by atoms with Crippen LogP contribution in [0.5, 0.6) is 0 Å². The molecule has 0 radical (unpaired) electrons. The van der Waals surface area contributed by atoms with Crippen LogP contribution < -0.4 is 11.1 Å². The second-order valence-corrected chi connectivity index (χ2v) is 4.62. The Hall–Kier alpha value is -1.10. The van der Waals surface area contributed by atoms with Crippen LogP contribution in [-0.4, -0.2) is 29.1 Å². The van der Waals surface area contributed by atoms with Crippen molar-refractivity contribution in [3.8, 4) is 0 Å². The van der Waals surface area contributed by atoms with Crippen molar-refractivity contribution in [2.75, 3.05) is 0 Å². The molecule has 5 heteroatoms. The molecule has 0 fully saturated rings. The highest BCUT2D eigenvalue weighted by molar-refractivity contribution is 5.87. The first-order valence-corrected chi connectivity index (χ1v) is 6.13. The fraction of sp³-hybridized carbons (Fsp3) is 0.833. The zero-order valence-corrected chi connectivity index (χ0v) is 11.1. The van der Waals surface area contributed by atoms with Crippen LogP contribution in [0.25, 0.3) is 0 Å². The van der Waals surface area contributed by atoms with Crippen LogP contribution in [-0.2, 0) is 9.59 Å². The highest BCUT2D eigenvalue weighted by Gasteiger charge is 2.28. The maximum Gasteiger partial charge on any atom is 0.326 e. The first-order valence-electron chi connectivity index (χ1n) is 6.13. The van der Waals surface area contributed by atoms with Crippen molar-refractivity contribution in [2.24, 2.45) is 17.6 Å². The molecule has 0 aromatic carbocycles. The Kier molecular flexibility index (Phi) is 6.80. The van der Waals surface area contributed by atoms with Gasteiger partial charge in [0.1, 0.15) is 6.04 Å². The van der Waals surface area contributed by atoms with Gasteiger partial charge in [-0.25, -0.2) is 4.79 Å². The van der Waals surface area contributed by atoms with Crippen LogP contribution in [0.4, 0.5) is 0 Å². The molecule has 4 N–H and O–H groups in total. The van der Waals surface area contributed by atoms with Gasteiger partial charge in [0.2, 0.25) is 5.91 Å². The van der Waals surface area contributed by atoms with Crippen LogP contribution in [0.2, 0.25) is 0 Å². The number of nitrogens with two attached hydrogens (primary N) is 1. The van der Waals surface area contributed by atoms with Crippen LogP contribution >= 0.6 is 0 Å². The van der Waals surface area contributed by atoms with E-state index in [2.05, 4.69) is 5.32 Å². The number of amides is 1. The van der Waals surface area contributed by atoms with Crippen LogP contribution in [0.1, 0.15) is 40.5 Å². The summed E-state index contributed by atoms with van der Waals surface area (Å²) in [5.41, 5.74) is 5.76. The molecular formula is C12H24N2O3. The molecule has 0 aliphatic carbocycles. The Morgan fingerprint density at radius 2 is 1.65 bits per heavy atom. The number of carbonyl (C=O) groups excluding carboxylic acids is 1. The van der Waals surface area contributed by atoms with Gasteiger partial charge < -0.3 is 16.2 Å². The highest BCUT2D eigenvalue weighted by Crippen LogP contribution is 2.10. The molecular weight excluding hydrogens is 220 g/mol. The second kappa shape index (κ2) is 7.27. The number of aliphatic carboxylic acids is 1. The van der Waals surface area contributed by atoms with E-state index in [-0.39, 0.29) is 17.7 Å². The van der Waals surface area contributed by atoms with E-state index in [1.165, 1.54) is 0 Å². The molecule has 0 saturated carbocycles. The molecule has 0 aromatic rings. The zero-order chi connectivity index (χ0) is 13.6. The first kappa shape index (κ1) is 15.9. The molecule has 0 spiro atoms.